The lowest BCUT2D eigenvalue weighted by Crippen LogP contribution is -2.29. The molecular formula is C25H20N2O6S. The van der Waals surface area contributed by atoms with Crippen molar-refractivity contribution in [1.29, 1.82) is 0 Å². The highest BCUT2D eigenvalue weighted by Gasteiger charge is 2.48. The Balaban J connectivity index is 1.62. The van der Waals surface area contributed by atoms with Gasteiger partial charge < -0.3 is 19.3 Å². The van der Waals surface area contributed by atoms with Gasteiger partial charge in [0.2, 0.25) is 0 Å². The van der Waals surface area contributed by atoms with Crippen molar-refractivity contribution in [2.24, 2.45) is 0 Å². The van der Waals surface area contributed by atoms with Gasteiger partial charge in [-0.1, -0.05) is 24.8 Å². The lowest BCUT2D eigenvalue weighted by molar-refractivity contribution is -0.132. The molecule has 2 aliphatic heterocycles. The summed E-state index contributed by atoms with van der Waals surface area (Å²) >= 11 is 1.23. The third-order valence-electron chi connectivity index (χ3n) is 5.45. The molecule has 1 aromatic heterocycles. The number of ketones is 1. The molecule has 1 atom stereocenters. The summed E-state index contributed by atoms with van der Waals surface area (Å²) in [5, 5.41) is 13.3. The van der Waals surface area contributed by atoms with Crippen LogP contribution in [0.2, 0.25) is 0 Å². The number of Topliss-reactive ketones (excluding diaryl/α,β-unsaturated/α-hetero) is 1. The van der Waals surface area contributed by atoms with Crippen molar-refractivity contribution >= 4 is 33.9 Å². The van der Waals surface area contributed by atoms with E-state index < -0.39 is 17.7 Å². The molecule has 0 aliphatic carbocycles. The van der Waals surface area contributed by atoms with Crippen molar-refractivity contribution in [2.45, 2.75) is 6.04 Å². The molecule has 8 nitrogen and oxygen atoms in total. The molecule has 1 fully saturated rings. The van der Waals surface area contributed by atoms with E-state index >= 15 is 0 Å². The van der Waals surface area contributed by atoms with Gasteiger partial charge in [0.05, 0.1) is 11.6 Å². The molecule has 9 heteroatoms. The fraction of sp³-hybridized carbons (Fsp3) is 0.160. The van der Waals surface area contributed by atoms with Crippen LogP contribution in [0.3, 0.4) is 0 Å². The lowest BCUT2D eigenvalue weighted by Gasteiger charge is -2.23. The second-order valence-electron chi connectivity index (χ2n) is 7.51. The number of carbonyl (C=O) groups excluding carboxylic acids is 2. The molecule has 0 spiro atoms. The molecule has 0 radical (unpaired) electrons. The Kier molecular flexibility index (Phi) is 5.77. The summed E-state index contributed by atoms with van der Waals surface area (Å²) in [6.45, 7) is 4.80. The highest BCUT2D eigenvalue weighted by Crippen LogP contribution is 2.44. The quantitative estimate of drug-likeness (QED) is 0.247. The molecule has 1 saturated heterocycles. The number of rotatable bonds is 6. The van der Waals surface area contributed by atoms with E-state index in [2.05, 4.69) is 11.6 Å². The predicted molar refractivity (Wildman–Crippen MR) is 126 cm³/mol. The van der Waals surface area contributed by atoms with Gasteiger partial charge in [-0.3, -0.25) is 14.5 Å². The number of ether oxygens (including phenoxy) is 3. The Hall–Kier alpha value is -4.11. The predicted octanol–water partition coefficient (Wildman–Crippen LogP) is 4.11. The third kappa shape index (κ3) is 3.80. The number of nitrogens with zero attached hydrogens (tertiary/aromatic N) is 2. The largest absolute Gasteiger partial charge is 0.507 e. The maximum Gasteiger partial charge on any atom is 0.301 e. The molecule has 5 rings (SSSR count). The monoisotopic (exact) mass is 476 g/mol. The van der Waals surface area contributed by atoms with E-state index in [4.69, 9.17) is 14.2 Å². The summed E-state index contributed by atoms with van der Waals surface area (Å²) in [5.41, 5.74) is 0.938. The van der Waals surface area contributed by atoms with Crippen LogP contribution in [0, 0.1) is 0 Å². The van der Waals surface area contributed by atoms with Gasteiger partial charge in [0.25, 0.3) is 5.78 Å². The van der Waals surface area contributed by atoms with E-state index in [1.54, 1.807) is 60.1 Å². The van der Waals surface area contributed by atoms with E-state index in [9.17, 15) is 14.7 Å². The maximum absolute atomic E-state index is 13.2. The zero-order chi connectivity index (χ0) is 23.7. The minimum Gasteiger partial charge on any atom is -0.507 e. The molecule has 0 bridgehead atoms. The zero-order valence-electron chi connectivity index (χ0n) is 18.0. The summed E-state index contributed by atoms with van der Waals surface area (Å²) in [5.74, 6) is -0.221. The Labute approximate surface area is 199 Å². The minimum absolute atomic E-state index is 0.0309. The minimum atomic E-state index is -0.868. The van der Waals surface area contributed by atoms with Gasteiger partial charge >= 0.3 is 5.91 Å². The normalized spacial score (nSPS) is 18.7. The number of aliphatic hydroxyl groups is 1. The highest BCUT2D eigenvalue weighted by atomic mass is 32.1. The van der Waals surface area contributed by atoms with Crippen LogP contribution in [0.4, 0.5) is 5.13 Å². The van der Waals surface area contributed by atoms with E-state index in [1.807, 2.05) is 0 Å². The molecule has 34 heavy (non-hydrogen) atoms. The summed E-state index contributed by atoms with van der Waals surface area (Å²) in [6, 6.07) is 11.0. The van der Waals surface area contributed by atoms with Gasteiger partial charge in [0.15, 0.2) is 16.6 Å². The second kappa shape index (κ2) is 9.03. The van der Waals surface area contributed by atoms with Crippen molar-refractivity contribution in [3.05, 3.63) is 83.4 Å². The van der Waals surface area contributed by atoms with E-state index in [1.165, 1.54) is 16.2 Å². The van der Waals surface area contributed by atoms with Crippen molar-refractivity contribution in [2.75, 3.05) is 24.7 Å². The highest BCUT2D eigenvalue weighted by molar-refractivity contribution is 7.14. The fourth-order valence-corrected chi connectivity index (χ4v) is 4.59. The Morgan fingerprint density at radius 3 is 2.65 bits per heavy atom. The van der Waals surface area contributed by atoms with Crippen LogP contribution < -0.4 is 19.1 Å². The number of hydrogen-bond donors (Lipinski definition) is 1. The van der Waals surface area contributed by atoms with Crippen LogP contribution >= 0.6 is 11.3 Å². The van der Waals surface area contributed by atoms with Crippen LogP contribution in [0.15, 0.2) is 72.3 Å². The number of amides is 1. The summed E-state index contributed by atoms with van der Waals surface area (Å²) in [6.07, 6.45) is 3.20. The molecule has 0 saturated carbocycles. The number of thiazole rings is 1. The number of hydrogen-bond acceptors (Lipinski definition) is 8. The smallest absolute Gasteiger partial charge is 0.301 e. The Morgan fingerprint density at radius 2 is 1.94 bits per heavy atom. The first-order valence-electron chi connectivity index (χ1n) is 10.5. The summed E-state index contributed by atoms with van der Waals surface area (Å²) in [4.78, 5) is 31.8. The van der Waals surface area contributed by atoms with Gasteiger partial charge in [-0.05, 0) is 35.9 Å². The van der Waals surface area contributed by atoms with Crippen molar-refractivity contribution in [3.63, 3.8) is 0 Å². The first-order valence-corrected chi connectivity index (χ1v) is 11.4. The Morgan fingerprint density at radius 1 is 1.18 bits per heavy atom. The van der Waals surface area contributed by atoms with E-state index in [0.717, 1.165) is 0 Å². The topological polar surface area (TPSA) is 98.2 Å². The van der Waals surface area contributed by atoms with Crippen LogP contribution in [0.25, 0.3) is 5.76 Å². The number of fused-ring (bicyclic) bond motifs is 1. The zero-order valence-corrected chi connectivity index (χ0v) is 18.8. The summed E-state index contributed by atoms with van der Waals surface area (Å²) < 4.78 is 16.7. The van der Waals surface area contributed by atoms with Crippen LogP contribution in [-0.2, 0) is 9.59 Å². The second-order valence-corrected chi connectivity index (χ2v) is 8.38. The molecule has 1 unspecified atom stereocenters. The van der Waals surface area contributed by atoms with Gasteiger partial charge in [-0.25, -0.2) is 4.98 Å². The number of aliphatic hydroxyl groups excluding tert-OH is 1. The first kappa shape index (κ1) is 21.7. The Bertz CT molecular complexity index is 1280. The van der Waals surface area contributed by atoms with Crippen molar-refractivity contribution in [3.8, 4) is 17.2 Å². The van der Waals surface area contributed by atoms with Crippen molar-refractivity contribution < 1.29 is 28.9 Å². The van der Waals surface area contributed by atoms with Crippen molar-refractivity contribution in [1.82, 2.24) is 4.98 Å². The van der Waals surface area contributed by atoms with Gasteiger partial charge in [0, 0.05) is 17.1 Å². The van der Waals surface area contributed by atoms with Crippen LogP contribution in [0.5, 0.6) is 17.2 Å². The standard InChI is InChI=1S/C25H20N2O6S/c1-2-10-31-17-6-3-15(4-7-17)21-20(23(29)24(30)27(21)25-26-9-13-34-25)22(28)16-5-8-18-19(14-16)33-12-11-32-18/h2-9,13-14,21,28H,1,10-12H2. The average Bonchev–Trinajstić information content (AvgIpc) is 3.49. The van der Waals surface area contributed by atoms with Crippen LogP contribution in [0.1, 0.15) is 17.2 Å². The van der Waals surface area contributed by atoms with E-state index in [0.29, 0.717) is 53.3 Å². The molecule has 1 amide bonds. The van der Waals surface area contributed by atoms with Gasteiger partial charge in [-0.2, -0.15) is 0 Å². The van der Waals surface area contributed by atoms with E-state index in [-0.39, 0.29) is 11.3 Å². The number of aromatic nitrogens is 1. The molecular weight excluding hydrogens is 456 g/mol. The number of carbonyl (C=O) groups is 2. The molecule has 3 aromatic rings. The molecule has 3 heterocycles. The lowest BCUT2D eigenvalue weighted by atomic mass is 9.95. The first-order chi connectivity index (χ1) is 16.6. The third-order valence-corrected chi connectivity index (χ3v) is 6.22. The summed E-state index contributed by atoms with van der Waals surface area (Å²) in [7, 11) is 0. The van der Waals surface area contributed by atoms with Gasteiger partial charge in [0.1, 0.15) is 31.3 Å². The maximum atomic E-state index is 13.2. The number of anilines is 1. The SMILES string of the molecule is C=CCOc1ccc(C2C(=C(O)c3ccc4c(c3)OCCO4)C(=O)C(=O)N2c2nccs2)cc1. The molecule has 2 aromatic carbocycles. The van der Waals surface area contributed by atoms with Gasteiger partial charge in [-0.15, -0.1) is 11.3 Å². The fourth-order valence-electron chi connectivity index (χ4n) is 3.93. The molecule has 2 aliphatic rings. The average molecular weight is 477 g/mol. The number of benzene rings is 2. The molecule has 172 valence electrons. The van der Waals surface area contributed by atoms with Crippen LogP contribution in [-0.4, -0.2) is 41.6 Å². The molecule has 1 N–H and O–H groups in total.